The highest BCUT2D eigenvalue weighted by Gasteiger charge is 2.12. The molecule has 0 aliphatic carbocycles. The number of aliphatic imine (C=N–C) groups is 1. The largest absolute Gasteiger partial charge is 0.490 e. The third-order valence-corrected chi connectivity index (χ3v) is 4.96. The van der Waals surface area contributed by atoms with Crippen molar-refractivity contribution in [2.75, 3.05) is 36.6 Å². The van der Waals surface area contributed by atoms with Crippen LogP contribution in [0.5, 0.6) is 11.5 Å². The zero-order valence-corrected chi connectivity index (χ0v) is 14.4. The number of hydrogen-bond donors (Lipinski definition) is 1. The molecule has 120 valence electrons. The Morgan fingerprint density at radius 3 is 2.77 bits per heavy atom. The topological polar surface area (TPSA) is 59.9 Å². The molecule has 1 amide bonds. The number of amides is 1. The van der Waals surface area contributed by atoms with Gasteiger partial charge >= 0.3 is 0 Å². The Kier molecular flexibility index (Phi) is 6.92. The number of benzene rings is 1. The molecule has 1 aromatic carbocycles. The Morgan fingerprint density at radius 1 is 1.32 bits per heavy atom. The average molecular weight is 340 g/mol. The van der Waals surface area contributed by atoms with Gasteiger partial charge in [-0.3, -0.25) is 9.79 Å². The van der Waals surface area contributed by atoms with Crippen LogP contribution in [-0.4, -0.2) is 41.5 Å². The van der Waals surface area contributed by atoms with E-state index in [1.54, 1.807) is 17.8 Å². The zero-order valence-electron chi connectivity index (χ0n) is 12.8. The SMILES string of the molecule is CCOc1ccc(NC(=O)CSC2=NCCS2)cc1OCC. The molecule has 5 nitrogen and oxygen atoms in total. The Balaban J connectivity index is 1.93. The fraction of sp³-hybridized carbons (Fsp3) is 0.467. The molecule has 1 aliphatic heterocycles. The molecule has 0 atom stereocenters. The van der Waals surface area contributed by atoms with Gasteiger partial charge in [-0.25, -0.2) is 0 Å². The van der Waals surface area contributed by atoms with Crippen molar-refractivity contribution >= 4 is 39.5 Å². The van der Waals surface area contributed by atoms with E-state index in [0.717, 1.165) is 16.7 Å². The molecular weight excluding hydrogens is 320 g/mol. The second-order valence-corrected chi connectivity index (χ2v) is 6.67. The van der Waals surface area contributed by atoms with Gasteiger partial charge in [0.25, 0.3) is 0 Å². The van der Waals surface area contributed by atoms with Crippen LogP contribution in [0.4, 0.5) is 5.69 Å². The summed E-state index contributed by atoms with van der Waals surface area (Å²) in [5.41, 5.74) is 0.707. The van der Waals surface area contributed by atoms with Gasteiger partial charge in [0.1, 0.15) is 4.38 Å². The smallest absolute Gasteiger partial charge is 0.234 e. The molecule has 22 heavy (non-hydrogen) atoms. The van der Waals surface area contributed by atoms with Gasteiger partial charge in [0.2, 0.25) is 5.91 Å². The number of rotatable bonds is 7. The summed E-state index contributed by atoms with van der Waals surface area (Å²) < 4.78 is 12.1. The van der Waals surface area contributed by atoms with Gasteiger partial charge in [-0.05, 0) is 26.0 Å². The van der Waals surface area contributed by atoms with Crippen LogP contribution in [0.15, 0.2) is 23.2 Å². The minimum Gasteiger partial charge on any atom is -0.490 e. The molecule has 0 bridgehead atoms. The van der Waals surface area contributed by atoms with Gasteiger partial charge in [0.05, 0.1) is 25.5 Å². The maximum Gasteiger partial charge on any atom is 0.234 e. The molecule has 1 N–H and O–H groups in total. The number of carbonyl (C=O) groups is 1. The van der Waals surface area contributed by atoms with Gasteiger partial charge < -0.3 is 14.8 Å². The van der Waals surface area contributed by atoms with Gasteiger partial charge in [-0.1, -0.05) is 23.5 Å². The lowest BCUT2D eigenvalue weighted by atomic mass is 10.2. The van der Waals surface area contributed by atoms with Crippen LogP contribution in [0.2, 0.25) is 0 Å². The Labute approximate surface area is 139 Å². The molecule has 0 fully saturated rings. The molecule has 1 aromatic rings. The fourth-order valence-corrected chi connectivity index (χ4v) is 3.67. The predicted molar refractivity (Wildman–Crippen MR) is 94.6 cm³/mol. The molecule has 1 aliphatic rings. The lowest BCUT2D eigenvalue weighted by Crippen LogP contribution is -2.15. The summed E-state index contributed by atoms with van der Waals surface area (Å²) in [6.45, 7) is 5.81. The highest BCUT2D eigenvalue weighted by Crippen LogP contribution is 2.30. The van der Waals surface area contributed by atoms with Crippen molar-refractivity contribution in [3.05, 3.63) is 18.2 Å². The van der Waals surface area contributed by atoms with Crippen molar-refractivity contribution in [3.8, 4) is 11.5 Å². The maximum atomic E-state index is 12.0. The summed E-state index contributed by atoms with van der Waals surface area (Å²) in [4.78, 5) is 16.3. The van der Waals surface area contributed by atoms with Crippen molar-refractivity contribution < 1.29 is 14.3 Å². The standard InChI is InChI=1S/C15H20N2O3S2/c1-3-19-12-6-5-11(9-13(12)20-4-2)17-14(18)10-22-15-16-7-8-21-15/h5-6,9H,3-4,7-8,10H2,1-2H3,(H,17,18). The molecular formula is C15H20N2O3S2. The number of anilines is 1. The summed E-state index contributed by atoms with van der Waals surface area (Å²) in [7, 11) is 0. The van der Waals surface area contributed by atoms with Crippen LogP contribution in [0.1, 0.15) is 13.8 Å². The van der Waals surface area contributed by atoms with Crippen LogP contribution in [0.3, 0.4) is 0 Å². The van der Waals surface area contributed by atoms with Crippen molar-refractivity contribution in [1.82, 2.24) is 0 Å². The van der Waals surface area contributed by atoms with Crippen molar-refractivity contribution in [1.29, 1.82) is 0 Å². The molecule has 0 spiro atoms. The van der Waals surface area contributed by atoms with E-state index in [9.17, 15) is 4.79 Å². The van der Waals surface area contributed by atoms with Gasteiger partial charge in [0.15, 0.2) is 11.5 Å². The molecule has 0 unspecified atom stereocenters. The van der Waals surface area contributed by atoms with Crippen LogP contribution >= 0.6 is 23.5 Å². The minimum absolute atomic E-state index is 0.0493. The third-order valence-electron chi connectivity index (χ3n) is 2.71. The van der Waals surface area contributed by atoms with E-state index in [0.29, 0.717) is 36.2 Å². The number of nitrogens with zero attached hydrogens (tertiary/aromatic N) is 1. The number of nitrogens with one attached hydrogen (secondary N) is 1. The first kappa shape index (κ1) is 17.0. The quantitative estimate of drug-likeness (QED) is 0.825. The number of carbonyl (C=O) groups excluding carboxylic acids is 1. The first-order valence-electron chi connectivity index (χ1n) is 7.22. The molecule has 1 heterocycles. The zero-order chi connectivity index (χ0) is 15.8. The Hall–Kier alpha value is -1.34. The number of ether oxygens (including phenoxy) is 2. The second-order valence-electron chi connectivity index (χ2n) is 4.36. The van der Waals surface area contributed by atoms with Crippen molar-refractivity contribution in [3.63, 3.8) is 0 Å². The Bertz CT molecular complexity index is 550. The number of thioether (sulfide) groups is 2. The second kappa shape index (κ2) is 8.95. The first-order chi connectivity index (χ1) is 10.7. The van der Waals surface area contributed by atoms with E-state index < -0.39 is 0 Å². The predicted octanol–water partition coefficient (Wildman–Crippen LogP) is 3.26. The van der Waals surface area contributed by atoms with E-state index in [1.165, 1.54) is 11.8 Å². The minimum atomic E-state index is -0.0493. The van der Waals surface area contributed by atoms with Crippen molar-refractivity contribution in [2.24, 2.45) is 4.99 Å². The van der Waals surface area contributed by atoms with Crippen molar-refractivity contribution in [2.45, 2.75) is 13.8 Å². The van der Waals surface area contributed by atoms with Crippen LogP contribution in [0, 0.1) is 0 Å². The maximum absolute atomic E-state index is 12.0. The lowest BCUT2D eigenvalue weighted by Gasteiger charge is -2.13. The highest BCUT2D eigenvalue weighted by atomic mass is 32.2. The van der Waals surface area contributed by atoms with E-state index in [-0.39, 0.29) is 5.91 Å². The average Bonchev–Trinajstić information content (AvgIpc) is 3.02. The summed E-state index contributed by atoms with van der Waals surface area (Å²) in [6.07, 6.45) is 0. The molecule has 7 heteroatoms. The monoisotopic (exact) mass is 340 g/mol. The summed E-state index contributed by atoms with van der Waals surface area (Å²) >= 11 is 3.19. The normalized spacial score (nSPS) is 13.6. The number of hydrogen-bond acceptors (Lipinski definition) is 6. The molecule has 0 saturated heterocycles. The molecule has 2 rings (SSSR count). The van der Waals surface area contributed by atoms with Crippen LogP contribution < -0.4 is 14.8 Å². The molecule has 0 saturated carbocycles. The van der Waals surface area contributed by atoms with Crippen LogP contribution in [-0.2, 0) is 4.79 Å². The molecule has 0 radical (unpaired) electrons. The van der Waals surface area contributed by atoms with Gasteiger partial charge in [-0.2, -0.15) is 0 Å². The summed E-state index contributed by atoms with van der Waals surface area (Å²) in [5.74, 6) is 2.66. The fourth-order valence-electron chi connectivity index (χ4n) is 1.86. The van der Waals surface area contributed by atoms with E-state index in [1.807, 2.05) is 26.0 Å². The van der Waals surface area contributed by atoms with E-state index in [2.05, 4.69) is 10.3 Å². The van der Waals surface area contributed by atoms with E-state index in [4.69, 9.17) is 9.47 Å². The van der Waals surface area contributed by atoms with Crippen LogP contribution in [0.25, 0.3) is 0 Å². The lowest BCUT2D eigenvalue weighted by molar-refractivity contribution is -0.113. The van der Waals surface area contributed by atoms with Gasteiger partial charge in [0, 0.05) is 17.5 Å². The third kappa shape index (κ3) is 5.14. The summed E-state index contributed by atoms with van der Waals surface area (Å²) in [5, 5.41) is 2.87. The Morgan fingerprint density at radius 2 is 2.09 bits per heavy atom. The first-order valence-corrected chi connectivity index (χ1v) is 9.19. The van der Waals surface area contributed by atoms with Gasteiger partial charge in [-0.15, -0.1) is 0 Å². The summed E-state index contributed by atoms with van der Waals surface area (Å²) in [6, 6.07) is 5.42. The van der Waals surface area contributed by atoms with E-state index >= 15 is 0 Å². The molecule has 0 aromatic heterocycles. The highest BCUT2D eigenvalue weighted by molar-refractivity contribution is 8.39.